The molecule has 1 saturated heterocycles. The Morgan fingerprint density at radius 2 is 2.29 bits per heavy atom. The minimum atomic E-state index is -0.0769. The van der Waals surface area contributed by atoms with E-state index >= 15 is 0 Å². The molecular formula is C12H14BrN3O. The molecule has 0 aromatic heterocycles. The number of nitrogens with zero attached hydrogens (tertiary/aromatic N) is 1. The van der Waals surface area contributed by atoms with Crippen molar-refractivity contribution >= 4 is 33.2 Å². The Kier molecular flexibility index (Phi) is 3.78. The number of rotatable bonds is 2. The maximum absolute atomic E-state index is 11.5. The number of hydrazone groups is 1. The van der Waals surface area contributed by atoms with Gasteiger partial charge in [-0.2, -0.15) is 5.10 Å². The van der Waals surface area contributed by atoms with Gasteiger partial charge in [0.15, 0.2) is 0 Å². The van der Waals surface area contributed by atoms with Crippen LogP contribution in [0, 0.1) is 6.92 Å². The first kappa shape index (κ1) is 12.1. The molecule has 1 aromatic carbocycles. The summed E-state index contributed by atoms with van der Waals surface area (Å²) in [6, 6.07) is 5.93. The first-order valence-electron chi connectivity index (χ1n) is 5.54. The number of amides is 1. The molecule has 1 heterocycles. The number of halogens is 1. The zero-order valence-corrected chi connectivity index (χ0v) is 11.2. The van der Waals surface area contributed by atoms with Crippen LogP contribution in [0.5, 0.6) is 0 Å². The van der Waals surface area contributed by atoms with Gasteiger partial charge in [-0.05, 0) is 53.4 Å². The summed E-state index contributed by atoms with van der Waals surface area (Å²) in [5.74, 6) is -0.0769. The van der Waals surface area contributed by atoms with Crippen molar-refractivity contribution < 1.29 is 4.79 Å². The van der Waals surface area contributed by atoms with Crippen molar-refractivity contribution in [2.24, 2.45) is 5.10 Å². The van der Waals surface area contributed by atoms with Crippen LogP contribution in [0.15, 0.2) is 27.8 Å². The molecule has 2 N–H and O–H groups in total. The van der Waals surface area contributed by atoms with Crippen LogP contribution in [0.25, 0.3) is 0 Å². The molecule has 1 aromatic rings. The van der Waals surface area contributed by atoms with Gasteiger partial charge in [0, 0.05) is 11.0 Å². The molecule has 4 nitrogen and oxygen atoms in total. The van der Waals surface area contributed by atoms with Crippen molar-refractivity contribution in [1.82, 2.24) is 5.32 Å². The second-order valence-corrected chi connectivity index (χ2v) is 4.87. The fourth-order valence-electron chi connectivity index (χ4n) is 1.62. The zero-order valence-electron chi connectivity index (χ0n) is 9.59. The van der Waals surface area contributed by atoms with E-state index in [4.69, 9.17) is 0 Å². The fourth-order valence-corrected chi connectivity index (χ4v) is 2.20. The molecule has 5 heteroatoms. The van der Waals surface area contributed by atoms with E-state index in [1.165, 1.54) is 5.56 Å². The van der Waals surface area contributed by atoms with Gasteiger partial charge < -0.3 is 5.32 Å². The number of hydrogen-bond acceptors (Lipinski definition) is 3. The normalized spacial score (nSPS) is 18.0. The van der Waals surface area contributed by atoms with Crippen LogP contribution in [0.1, 0.15) is 18.4 Å². The number of benzene rings is 1. The SMILES string of the molecule is Cc1ccc(NN=C2CCCNC2=O)c(Br)c1. The first-order chi connectivity index (χ1) is 8.16. The largest absolute Gasteiger partial charge is 0.351 e. The minimum Gasteiger partial charge on any atom is -0.351 e. The van der Waals surface area contributed by atoms with E-state index in [1.54, 1.807) is 0 Å². The molecule has 1 fully saturated rings. The van der Waals surface area contributed by atoms with Crippen molar-refractivity contribution in [2.75, 3.05) is 12.0 Å². The van der Waals surface area contributed by atoms with E-state index in [1.807, 2.05) is 25.1 Å². The Morgan fingerprint density at radius 3 is 3.00 bits per heavy atom. The van der Waals surface area contributed by atoms with E-state index in [-0.39, 0.29) is 5.91 Å². The third-order valence-electron chi connectivity index (χ3n) is 2.57. The Bertz CT molecular complexity index is 471. The van der Waals surface area contributed by atoms with Crippen molar-refractivity contribution in [3.05, 3.63) is 28.2 Å². The van der Waals surface area contributed by atoms with Crippen molar-refractivity contribution in [3.63, 3.8) is 0 Å². The highest BCUT2D eigenvalue weighted by atomic mass is 79.9. The number of anilines is 1. The molecule has 0 atom stereocenters. The topological polar surface area (TPSA) is 53.5 Å². The van der Waals surface area contributed by atoms with Crippen LogP contribution >= 0.6 is 15.9 Å². The summed E-state index contributed by atoms with van der Waals surface area (Å²) < 4.78 is 0.943. The Morgan fingerprint density at radius 1 is 1.47 bits per heavy atom. The fraction of sp³-hybridized carbons (Fsp3) is 0.333. The van der Waals surface area contributed by atoms with Crippen LogP contribution in [-0.2, 0) is 4.79 Å². The summed E-state index contributed by atoms with van der Waals surface area (Å²) >= 11 is 3.45. The van der Waals surface area contributed by atoms with Gasteiger partial charge in [0.25, 0.3) is 5.91 Å². The molecule has 17 heavy (non-hydrogen) atoms. The van der Waals surface area contributed by atoms with Crippen molar-refractivity contribution in [1.29, 1.82) is 0 Å². The molecule has 1 aliphatic rings. The van der Waals surface area contributed by atoms with Crippen molar-refractivity contribution in [2.45, 2.75) is 19.8 Å². The third kappa shape index (κ3) is 3.06. The zero-order chi connectivity index (χ0) is 12.3. The molecule has 0 radical (unpaired) electrons. The maximum atomic E-state index is 11.5. The molecular weight excluding hydrogens is 282 g/mol. The summed E-state index contributed by atoms with van der Waals surface area (Å²) in [6.45, 7) is 2.76. The summed E-state index contributed by atoms with van der Waals surface area (Å²) in [5, 5.41) is 6.92. The van der Waals surface area contributed by atoms with E-state index in [2.05, 4.69) is 31.8 Å². The number of piperidine rings is 1. The molecule has 1 amide bonds. The van der Waals surface area contributed by atoms with Gasteiger partial charge in [0.2, 0.25) is 0 Å². The summed E-state index contributed by atoms with van der Waals surface area (Å²) in [5.41, 5.74) is 5.51. The van der Waals surface area contributed by atoms with Gasteiger partial charge in [-0.3, -0.25) is 10.2 Å². The lowest BCUT2D eigenvalue weighted by molar-refractivity contribution is -0.115. The molecule has 2 rings (SSSR count). The molecule has 0 aliphatic carbocycles. The summed E-state index contributed by atoms with van der Waals surface area (Å²) in [7, 11) is 0. The number of aryl methyl sites for hydroxylation is 1. The average molecular weight is 296 g/mol. The number of carbonyl (C=O) groups excluding carboxylic acids is 1. The smallest absolute Gasteiger partial charge is 0.267 e. The lowest BCUT2D eigenvalue weighted by atomic mass is 10.1. The predicted molar refractivity (Wildman–Crippen MR) is 72.2 cm³/mol. The number of carbonyl (C=O) groups is 1. The van der Waals surface area contributed by atoms with Crippen molar-refractivity contribution in [3.8, 4) is 0 Å². The Balaban J connectivity index is 2.10. The lowest BCUT2D eigenvalue weighted by Crippen LogP contribution is -2.37. The van der Waals surface area contributed by atoms with Gasteiger partial charge in [0.1, 0.15) is 5.71 Å². The highest BCUT2D eigenvalue weighted by molar-refractivity contribution is 9.10. The molecule has 0 bridgehead atoms. The standard InChI is InChI=1S/C12H14BrN3O/c1-8-4-5-10(9(13)7-8)15-16-11-3-2-6-14-12(11)17/h4-5,7,15H,2-3,6H2,1H3,(H,14,17). The van der Waals surface area contributed by atoms with Gasteiger partial charge in [-0.25, -0.2) is 0 Å². The molecule has 90 valence electrons. The Hall–Kier alpha value is -1.36. The second-order valence-electron chi connectivity index (χ2n) is 4.01. The predicted octanol–water partition coefficient (Wildman–Crippen LogP) is 2.44. The van der Waals surface area contributed by atoms with Crippen LogP contribution < -0.4 is 10.7 Å². The highest BCUT2D eigenvalue weighted by Crippen LogP contribution is 2.23. The number of hydrogen-bond donors (Lipinski definition) is 2. The van der Waals surface area contributed by atoms with Crippen LogP contribution in [-0.4, -0.2) is 18.2 Å². The molecule has 0 unspecified atom stereocenters. The first-order valence-corrected chi connectivity index (χ1v) is 6.33. The summed E-state index contributed by atoms with van der Waals surface area (Å²) in [4.78, 5) is 11.5. The lowest BCUT2D eigenvalue weighted by Gasteiger charge is -2.14. The van der Waals surface area contributed by atoms with E-state index in [0.29, 0.717) is 5.71 Å². The third-order valence-corrected chi connectivity index (χ3v) is 3.23. The highest BCUT2D eigenvalue weighted by Gasteiger charge is 2.15. The van der Waals surface area contributed by atoms with Gasteiger partial charge >= 0.3 is 0 Å². The van der Waals surface area contributed by atoms with E-state index in [0.717, 1.165) is 29.5 Å². The second kappa shape index (κ2) is 5.31. The maximum Gasteiger partial charge on any atom is 0.267 e. The molecule has 1 aliphatic heterocycles. The van der Waals surface area contributed by atoms with E-state index < -0.39 is 0 Å². The quantitative estimate of drug-likeness (QED) is 0.824. The van der Waals surface area contributed by atoms with Crippen LogP contribution in [0.4, 0.5) is 5.69 Å². The minimum absolute atomic E-state index is 0.0769. The van der Waals surface area contributed by atoms with Gasteiger partial charge in [-0.15, -0.1) is 0 Å². The van der Waals surface area contributed by atoms with Crippen LogP contribution in [0.2, 0.25) is 0 Å². The molecule has 0 spiro atoms. The van der Waals surface area contributed by atoms with E-state index in [9.17, 15) is 4.79 Å². The average Bonchev–Trinajstić information content (AvgIpc) is 2.30. The Labute approximate surface area is 109 Å². The van der Waals surface area contributed by atoms with Gasteiger partial charge in [-0.1, -0.05) is 6.07 Å². The summed E-state index contributed by atoms with van der Waals surface area (Å²) in [6.07, 6.45) is 1.67. The van der Waals surface area contributed by atoms with Gasteiger partial charge in [0.05, 0.1) is 5.69 Å². The number of nitrogens with one attached hydrogen (secondary N) is 2. The van der Waals surface area contributed by atoms with Crippen LogP contribution in [0.3, 0.4) is 0 Å². The monoisotopic (exact) mass is 295 g/mol. The molecule has 0 saturated carbocycles.